The molecule has 8 heteroatoms. The lowest BCUT2D eigenvalue weighted by Gasteiger charge is -2.40. The first-order chi connectivity index (χ1) is 10.3. The molecule has 0 unspecified atom stereocenters. The van der Waals surface area contributed by atoms with Crippen LogP contribution in [0.2, 0.25) is 0 Å². The first-order valence-corrected chi connectivity index (χ1v) is 6.78. The van der Waals surface area contributed by atoms with E-state index >= 15 is 0 Å². The smallest absolute Gasteiger partial charge is 0.254 e. The van der Waals surface area contributed by atoms with Gasteiger partial charge in [0.05, 0.1) is 18.3 Å². The zero-order chi connectivity index (χ0) is 14.2. The lowest BCUT2D eigenvalue weighted by atomic mass is 10.1. The maximum atomic E-state index is 5.17. The van der Waals surface area contributed by atoms with E-state index in [4.69, 9.17) is 4.74 Å². The summed E-state index contributed by atoms with van der Waals surface area (Å²) in [6, 6.07) is 4.35. The molecule has 1 saturated heterocycles. The van der Waals surface area contributed by atoms with Gasteiger partial charge < -0.3 is 9.64 Å². The zero-order valence-electron chi connectivity index (χ0n) is 11.6. The molecular formula is C13H15N7O. The highest BCUT2D eigenvalue weighted by Gasteiger charge is 2.30. The Morgan fingerprint density at radius 1 is 1.33 bits per heavy atom. The number of hydrogen-bond donors (Lipinski definition) is 0. The molecule has 4 rings (SSSR count). The van der Waals surface area contributed by atoms with Gasteiger partial charge in [-0.25, -0.2) is 4.98 Å². The SMILES string of the molecule is COCc1cc(N2CC(n3cccn3)C2)n2ncnc2n1. The largest absolute Gasteiger partial charge is 0.378 e. The number of aromatic nitrogens is 6. The number of anilines is 1. The van der Waals surface area contributed by atoms with Gasteiger partial charge >= 0.3 is 0 Å². The topological polar surface area (TPSA) is 73.4 Å². The van der Waals surface area contributed by atoms with E-state index in [2.05, 4.69) is 25.1 Å². The second kappa shape index (κ2) is 4.81. The minimum absolute atomic E-state index is 0.401. The van der Waals surface area contributed by atoms with Crippen molar-refractivity contribution in [1.29, 1.82) is 0 Å². The highest BCUT2D eigenvalue weighted by atomic mass is 16.5. The van der Waals surface area contributed by atoms with Crippen LogP contribution in [-0.4, -0.2) is 49.6 Å². The molecule has 0 bridgehead atoms. The van der Waals surface area contributed by atoms with Gasteiger partial charge in [-0.3, -0.25) is 4.68 Å². The molecule has 8 nitrogen and oxygen atoms in total. The molecule has 0 aliphatic carbocycles. The lowest BCUT2D eigenvalue weighted by molar-refractivity contribution is 0.181. The molecule has 0 amide bonds. The first-order valence-electron chi connectivity index (χ1n) is 6.78. The third kappa shape index (κ3) is 2.04. The van der Waals surface area contributed by atoms with Crippen molar-refractivity contribution in [2.45, 2.75) is 12.6 Å². The monoisotopic (exact) mass is 285 g/mol. The van der Waals surface area contributed by atoms with Gasteiger partial charge in [0, 0.05) is 38.7 Å². The minimum atomic E-state index is 0.401. The van der Waals surface area contributed by atoms with E-state index in [1.54, 1.807) is 17.8 Å². The van der Waals surface area contributed by atoms with Crippen LogP contribution in [0.25, 0.3) is 5.78 Å². The summed E-state index contributed by atoms with van der Waals surface area (Å²) in [5.74, 6) is 1.59. The lowest BCUT2D eigenvalue weighted by Crippen LogP contribution is -2.48. The van der Waals surface area contributed by atoms with Crippen molar-refractivity contribution >= 4 is 11.6 Å². The van der Waals surface area contributed by atoms with E-state index in [9.17, 15) is 0 Å². The third-order valence-electron chi connectivity index (χ3n) is 3.66. The number of hydrogen-bond acceptors (Lipinski definition) is 6. The van der Waals surface area contributed by atoms with Crippen LogP contribution in [0.15, 0.2) is 30.9 Å². The van der Waals surface area contributed by atoms with E-state index in [0.717, 1.165) is 24.6 Å². The molecule has 4 heterocycles. The minimum Gasteiger partial charge on any atom is -0.378 e. The fourth-order valence-electron chi connectivity index (χ4n) is 2.60. The summed E-state index contributed by atoms with van der Waals surface area (Å²) in [7, 11) is 1.66. The molecule has 0 aromatic carbocycles. The summed E-state index contributed by atoms with van der Waals surface area (Å²) in [4.78, 5) is 10.8. The van der Waals surface area contributed by atoms with Crippen molar-refractivity contribution in [3.63, 3.8) is 0 Å². The number of ether oxygens (including phenoxy) is 1. The maximum Gasteiger partial charge on any atom is 0.254 e. The first kappa shape index (κ1) is 12.3. The Kier molecular flexibility index (Phi) is 2.81. The summed E-state index contributed by atoms with van der Waals surface area (Å²) in [5.41, 5.74) is 0.857. The van der Waals surface area contributed by atoms with Gasteiger partial charge in [0.1, 0.15) is 12.1 Å². The summed E-state index contributed by atoms with van der Waals surface area (Å²) in [6.07, 6.45) is 5.32. The van der Waals surface area contributed by atoms with Crippen LogP contribution in [0.5, 0.6) is 0 Å². The number of methoxy groups -OCH3 is 1. The summed E-state index contributed by atoms with van der Waals surface area (Å²) >= 11 is 0. The predicted octanol–water partition coefficient (Wildman–Crippen LogP) is 0.528. The van der Waals surface area contributed by atoms with Gasteiger partial charge in [-0.15, -0.1) is 0 Å². The molecule has 1 fully saturated rings. The zero-order valence-corrected chi connectivity index (χ0v) is 11.6. The van der Waals surface area contributed by atoms with Gasteiger partial charge in [-0.1, -0.05) is 0 Å². The van der Waals surface area contributed by atoms with Crippen molar-refractivity contribution in [2.75, 3.05) is 25.1 Å². The van der Waals surface area contributed by atoms with Crippen LogP contribution in [0.1, 0.15) is 11.7 Å². The molecular weight excluding hydrogens is 270 g/mol. The molecule has 3 aromatic heterocycles. The van der Waals surface area contributed by atoms with Crippen molar-refractivity contribution in [3.8, 4) is 0 Å². The normalized spacial score (nSPS) is 15.6. The Hall–Kier alpha value is -2.48. The van der Waals surface area contributed by atoms with Gasteiger partial charge in [-0.2, -0.15) is 19.7 Å². The average molecular weight is 285 g/mol. The Bertz CT molecular complexity index is 745. The Morgan fingerprint density at radius 2 is 2.24 bits per heavy atom. The molecule has 21 heavy (non-hydrogen) atoms. The van der Waals surface area contributed by atoms with E-state index in [1.165, 1.54) is 6.33 Å². The molecule has 0 saturated carbocycles. The summed E-state index contributed by atoms with van der Waals surface area (Å²) in [6.45, 7) is 2.26. The van der Waals surface area contributed by atoms with Crippen molar-refractivity contribution in [3.05, 3.63) is 36.5 Å². The predicted molar refractivity (Wildman–Crippen MR) is 75.0 cm³/mol. The average Bonchev–Trinajstić information content (AvgIpc) is 3.07. The van der Waals surface area contributed by atoms with Crippen LogP contribution in [-0.2, 0) is 11.3 Å². The highest BCUT2D eigenvalue weighted by molar-refractivity contribution is 5.49. The molecule has 1 aliphatic rings. The fraction of sp³-hybridized carbons (Fsp3) is 0.385. The van der Waals surface area contributed by atoms with E-state index in [1.807, 2.05) is 23.0 Å². The van der Waals surface area contributed by atoms with E-state index in [-0.39, 0.29) is 0 Å². The van der Waals surface area contributed by atoms with Gasteiger partial charge in [-0.05, 0) is 6.07 Å². The highest BCUT2D eigenvalue weighted by Crippen LogP contribution is 2.27. The fourth-order valence-corrected chi connectivity index (χ4v) is 2.60. The van der Waals surface area contributed by atoms with Gasteiger partial charge in [0.2, 0.25) is 0 Å². The molecule has 108 valence electrons. The molecule has 1 aliphatic heterocycles. The van der Waals surface area contributed by atoms with Crippen LogP contribution >= 0.6 is 0 Å². The second-order valence-corrected chi connectivity index (χ2v) is 5.06. The summed E-state index contributed by atoms with van der Waals surface area (Å²) < 4.78 is 8.92. The number of nitrogens with zero attached hydrogens (tertiary/aromatic N) is 7. The Labute approximate surface area is 121 Å². The van der Waals surface area contributed by atoms with Gasteiger partial charge in [0.15, 0.2) is 0 Å². The van der Waals surface area contributed by atoms with Crippen LogP contribution in [0.3, 0.4) is 0 Å². The number of fused-ring (bicyclic) bond motifs is 1. The van der Waals surface area contributed by atoms with Crippen molar-refractivity contribution < 1.29 is 4.74 Å². The van der Waals surface area contributed by atoms with Crippen LogP contribution < -0.4 is 4.90 Å². The maximum absolute atomic E-state index is 5.17. The van der Waals surface area contributed by atoms with Crippen LogP contribution in [0, 0.1) is 0 Å². The molecule has 0 spiro atoms. The quantitative estimate of drug-likeness (QED) is 0.696. The second-order valence-electron chi connectivity index (χ2n) is 5.06. The molecule has 0 radical (unpaired) electrons. The molecule has 0 N–H and O–H groups in total. The Balaban J connectivity index is 1.63. The molecule has 3 aromatic rings. The van der Waals surface area contributed by atoms with Crippen molar-refractivity contribution in [2.24, 2.45) is 0 Å². The number of rotatable bonds is 4. The third-order valence-corrected chi connectivity index (χ3v) is 3.66. The summed E-state index contributed by atoms with van der Waals surface area (Å²) in [5, 5.41) is 8.54. The Morgan fingerprint density at radius 3 is 3.00 bits per heavy atom. The standard InChI is InChI=1S/C13H15N7O/c1-21-8-10-5-12(20-13(17-10)14-9-16-20)18-6-11(7-18)19-4-2-3-15-19/h2-5,9,11H,6-8H2,1H3. The van der Waals surface area contributed by atoms with Crippen molar-refractivity contribution in [1.82, 2.24) is 29.4 Å². The van der Waals surface area contributed by atoms with E-state index < -0.39 is 0 Å². The van der Waals surface area contributed by atoms with Crippen LogP contribution in [0.4, 0.5) is 5.82 Å². The van der Waals surface area contributed by atoms with Gasteiger partial charge in [0.25, 0.3) is 5.78 Å². The van der Waals surface area contributed by atoms with E-state index in [0.29, 0.717) is 18.4 Å². The molecule has 0 atom stereocenters.